The summed E-state index contributed by atoms with van der Waals surface area (Å²) in [5, 5.41) is 7.92. The Morgan fingerprint density at radius 3 is 2.57 bits per heavy atom. The molecule has 0 radical (unpaired) electrons. The first-order valence-corrected chi connectivity index (χ1v) is 7.83. The van der Waals surface area contributed by atoms with E-state index in [1.165, 1.54) is 5.56 Å². The van der Waals surface area contributed by atoms with Crippen LogP contribution in [0.1, 0.15) is 32.2 Å². The zero-order chi connectivity index (χ0) is 15.1. The molecule has 21 heavy (non-hydrogen) atoms. The monoisotopic (exact) mass is 286 g/mol. The molecule has 0 amide bonds. The molecule has 1 unspecified atom stereocenters. The van der Waals surface area contributed by atoms with Gasteiger partial charge in [-0.2, -0.15) is 5.10 Å². The maximum Gasteiger partial charge on any atom is 0.138 e. The molecule has 0 aliphatic rings. The van der Waals surface area contributed by atoms with E-state index < -0.39 is 0 Å². The number of nitrogens with zero attached hydrogens (tertiary/aromatic N) is 3. The van der Waals surface area contributed by atoms with Gasteiger partial charge < -0.3 is 5.32 Å². The largest absolute Gasteiger partial charge is 0.313 e. The summed E-state index contributed by atoms with van der Waals surface area (Å²) in [5.74, 6) is 1.66. The van der Waals surface area contributed by atoms with Crippen molar-refractivity contribution in [3.05, 3.63) is 48.0 Å². The lowest BCUT2D eigenvalue weighted by Gasteiger charge is -2.18. The maximum absolute atomic E-state index is 4.44. The molecule has 0 bridgehead atoms. The zero-order valence-corrected chi connectivity index (χ0v) is 13.3. The van der Waals surface area contributed by atoms with Crippen molar-refractivity contribution in [1.82, 2.24) is 20.1 Å². The van der Waals surface area contributed by atoms with Gasteiger partial charge in [0.25, 0.3) is 0 Å². The average molecular weight is 286 g/mol. The van der Waals surface area contributed by atoms with E-state index in [2.05, 4.69) is 66.5 Å². The third-order valence-corrected chi connectivity index (χ3v) is 3.48. The lowest BCUT2D eigenvalue weighted by molar-refractivity contribution is 0.441. The van der Waals surface area contributed by atoms with Gasteiger partial charge in [-0.05, 0) is 24.4 Å². The van der Waals surface area contributed by atoms with Gasteiger partial charge >= 0.3 is 0 Å². The van der Waals surface area contributed by atoms with Crippen LogP contribution < -0.4 is 5.32 Å². The Hall–Kier alpha value is -1.68. The predicted octanol–water partition coefficient (Wildman–Crippen LogP) is 2.70. The first-order valence-electron chi connectivity index (χ1n) is 7.83. The first-order chi connectivity index (χ1) is 10.2. The molecule has 0 fully saturated rings. The Morgan fingerprint density at radius 2 is 1.90 bits per heavy atom. The molecule has 1 aromatic carbocycles. The molecule has 0 saturated carbocycles. The summed E-state index contributed by atoms with van der Waals surface area (Å²) in [4.78, 5) is 4.44. The van der Waals surface area contributed by atoms with Crippen molar-refractivity contribution in [1.29, 1.82) is 0 Å². The van der Waals surface area contributed by atoms with E-state index >= 15 is 0 Å². The van der Waals surface area contributed by atoms with Gasteiger partial charge in [-0.25, -0.2) is 9.67 Å². The van der Waals surface area contributed by atoms with Crippen molar-refractivity contribution >= 4 is 0 Å². The van der Waals surface area contributed by atoms with Crippen LogP contribution in [-0.4, -0.2) is 27.4 Å². The van der Waals surface area contributed by atoms with Crippen molar-refractivity contribution in [2.24, 2.45) is 5.92 Å². The number of aromatic nitrogens is 3. The molecule has 0 aliphatic carbocycles. The smallest absolute Gasteiger partial charge is 0.138 e. The number of rotatable bonds is 8. The predicted molar refractivity (Wildman–Crippen MR) is 86.2 cm³/mol. The maximum atomic E-state index is 4.44. The van der Waals surface area contributed by atoms with E-state index in [1.54, 1.807) is 6.33 Å². The van der Waals surface area contributed by atoms with Crippen LogP contribution >= 0.6 is 0 Å². The Kier molecular flexibility index (Phi) is 5.93. The topological polar surface area (TPSA) is 42.7 Å². The van der Waals surface area contributed by atoms with Crippen molar-refractivity contribution in [2.75, 3.05) is 6.54 Å². The van der Waals surface area contributed by atoms with E-state index in [1.807, 2.05) is 4.68 Å². The molecule has 0 aliphatic heterocycles. The third-order valence-electron chi connectivity index (χ3n) is 3.48. The summed E-state index contributed by atoms with van der Waals surface area (Å²) in [6.45, 7) is 8.46. The highest BCUT2D eigenvalue weighted by Gasteiger charge is 2.14. The minimum absolute atomic E-state index is 0.396. The molecule has 2 aromatic rings. The van der Waals surface area contributed by atoms with Gasteiger partial charge in [0.1, 0.15) is 12.2 Å². The number of nitrogens with one attached hydrogen (secondary N) is 1. The Morgan fingerprint density at radius 1 is 1.14 bits per heavy atom. The fourth-order valence-electron chi connectivity index (χ4n) is 2.57. The minimum atomic E-state index is 0.396. The van der Waals surface area contributed by atoms with Crippen LogP contribution in [0.25, 0.3) is 0 Å². The Balaban J connectivity index is 2.04. The third kappa shape index (κ3) is 4.97. The molecule has 0 spiro atoms. The van der Waals surface area contributed by atoms with Gasteiger partial charge in [0, 0.05) is 19.0 Å². The van der Waals surface area contributed by atoms with Crippen LogP contribution in [0.4, 0.5) is 0 Å². The van der Waals surface area contributed by atoms with Crippen LogP contribution in [-0.2, 0) is 19.4 Å². The number of benzene rings is 1. The molecule has 1 atom stereocenters. The summed E-state index contributed by atoms with van der Waals surface area (Å²) in [6, 6.07) is 11.0. The summed E-state index contributed by atoms with van der Waals surface area (Å²) in [6.07, 6.45) is 3.60. The minimum Gasteiger partial charge on any atom is -0.313 e. The first kappa shape index (κ1) is 15.7. The fraction of sp³-hybridized carbons (Fsp3) is 0.529. The summed E-state index contributed by atoms with van der Waals surface area (Å²) < 4.78 is 2.04. The molecular weight excluding hydrogens is 260 g/mol. The average Bonchev–Trinajstić information content (AvgIpc) is 2.86. The van der Waals surface area contributed by atoms with Gasteiger partial charge in [-0.3, -0.25) is 0 Å². The highest BCUT2D eigenvalue weighted by molar-refractivity contribution is 5.16. The lowest BCUT2D eigenvalue weighted by atomic mass is 10.0. The SMILES string of the molecule is CCNC(Cc1ccccc1)Cc1ncnn1CC(C)C. The lowest BCUT2D eigenvalue weighted by Crippen LogP contribution is -2.34. The molecular formula is C17H26N4. The van der Waals surface area contributed by atoms with E-state index in [-0.39, 0.29) is 0 Å². The quantitative estimate of drug-likeness (QED) is 0.811. The number of likely N-dealkylation sites (N-methyl/N-ethyl adjacent to an activating group) is 1. The molecule has 1 N–H and O–H groups in total. The van der Waals surface area contributed by atoms with Crippen molar-refractivity contribution in [3.8, 4) is 0 Å². The molecule has 114 valence electrons. The van der Waals surface area contributed by atoms with Gasteiger partial charge in [-0.1, -0.05) is 51.1 Å². The van der Waals surface area contributed by atoms with Crippen molar-refractivity contribution in [2.45, 2.75) is 46.2 Å². The summed E-state index contributed by atoms with van der Waals surface area (Å²) in [7, 11) is 0. The second-order valence-electron chi connectivity index (χ2n) is 5.90. The summed E-state index contributed by atoms with van der Waals surface area (Å²) in [5.41, 5.74) is 1.36. The Bertz CT molecular complexity index is 519. The highest BCUT2D eigenvalue weighted by Crippen LogP contribution is 2.09. The second kappa shape index (κ2) is 7.93. The summed E-state index contributed by atoms with van der Waals surface area (Å²) >= 11 is 0. The second-order valence-corrected chi connectivity index (χ2v) is 5.90. The number of hydrogen-bond acceptors (Lipinski definition) is 3. The van der Waals surface area contributed by atoms with E-state index in [0.29, 0.717) is 12.0 Å². The van der Waals surface area contributed by atoms with E-state index in [0.717, 1.165) is 31.8 Å². The van der Waals surface area contributed by atoms with Crippen molar-refractivity contribution in [3.63, 3.8) is 0 Å². The van der Waals surface area contributed by atoms with Crippen LogP contribution in [0.3, 0.4) is 0 Å². The Labute approximate surface area is 127 Å². The molecule has 1 heterocycles. The molecule has 2 rings (SSSR count). The molecule has 1 aromatic heterocycles. The van der Waals surface area contributed by atoms with Gasteiger partial charge in [0.05, 0.1) is 0 Å². The molecule has 4 heteroatoms. The van der Waals surface area contributed by atoms with Gasteiger partial charge in [0.15, 0.2) is 0 Å². The normalized spacial score (nSPS) is 12.8. The van der Waals surface area contributed by atoms with Crippen LogP contribution in [0, 0.1) is 5.92 Å². The van der Waals surface area contributed by atoms with Gasteiger partial charge in [-0.15, -0.1) is 0 Å². The van der Waals surface area contributed by atoms with E-state index in [4.69, 9.17) is 0 Å². The van der Waals surface area contributed by atoms with Crippen LogP contribution in [0.5, 0.6) is 0 Å². The molecule has 0 saturated heterocycles. The zero-order valence-electron chi connectivity index (χ0n) is 13.3. The highest BCUT2D eigenvalue weighted by atomic mass is 15.3. The van der Waals surface area contributed by atoms with Crippen molar-refractivity contribution < 1.29 is 0 Å². The fourth-order valence-corrected chi connectivity index (χ4v) is 2.57. The van der Waals surface area contributed by atoms with Crippen LogP contribution in [0.2, 0.25) is 0 Å². The van der Waals surface area contributed by atoms with Crippen LogP contribution in [0.15, 0.2) is 36.7 Å². The standard InChI is InChI=1S/C17H26N4/c1-4-18-16(10-15-8-6-5-7-9-15)11-17-19-13-20-21(17)12-14(2)3/h5-9,13-14,16,18H,4,10-12H2,1-3H3. The van der Waals surface area contributed by atoms with Gasteiger partial charge in [0.2, 0.25) is 0 Å². The molecule has 4 nitrogen and oxygen atoms in total. The van der Waals surface area contributed by atoms with E-state index in [9.17, 15) is 0 Å². The number of hydrogen-bond donors (Lipinski definition) is 1.